The highest BCUT2D eigenvalue weighted by atomic mass is 15.3. The summed E-state index contributed by atoms with van der Waals surface area (Å²) in [7, 11) is 3.99. The van der Waals surface area contributed by atoms with Crippen LogP contribution in [0.1, 0.15) is 5.82 Å². The first-order valence-corrected chi connectivity index (χ1v) is 7.43. The summed E-state index contributed by atoms with van der Waals surface area (Å²) in [5, 5.41) is 0. The van der Waals surface area contributed by atoms with Gasteiger partial charge >= 0.3 is 0 Å². The first-order valence-electron chi connectivity index (χ1n) is 7.43. The highest BCUT2D eigenvalue weighted by Crippen LogP contribution is 2.24. The van der Waals surface area contributed by atoms with Crippen LogP contribution in [0.3, 0.4) is 0 Å². The fraction of sp³-hybridized carbons (Fsp3) is 0.467. The van der Waals surface area contributed by atoms with Gasteiger partial charge in [0.15, 0.2) is 11.6 Å². The summed E-state index contributed by atoms with van der Waals surface area (Å²) >= 11 is 0. The van der Waals surface area contributed by atoms with E-state index in [2.05, 4.69) is 29.7 Å². The van der Waals surface area contributed by atoms with Crippen molar-refractivity contribution in [3.8, 4) is 0 Å². The third-order valence-corrected chi connectivity index (χ3v) is 3.75. The first-order chi connectivity index (χ1) is 10.6. The molecule has 7 heteroatoms. The highest BCUT2D eigenvalue weighted by Gasteiger charge is 2.22. The molecular formula is C15H21N7. The van der Waals surface area contributed by atoms with Crippen LogP contribution in [0.25, 0.3) is 0 Å². The molecule has 0 radical (unpaired) electrons. The molecule has 3 heterocycles. The molecule has 2 aromatic heterocycles. The molecule has 0 atom stereocenters. The maximum Gasteiger partial charge on any atom is 0.172 e. The van der Waals surface area contributed by atoms with Gasteiger partial charge in [-0.05, 0) is 13.0 Å². The van der Waals surface area contributed by atoms with Gasteiger partial charge in [-0.1, -0.05) is 0 Å². The number of hydrogen-bond acceptors (Lipinski definition) is 7. The minimum absolute atomic E-state index is 0.809. The van der Waals surface area contributed by atoms with Crippen LogP contribution >= 0.6 is 0 Å². The minimum atomic E-state index is 0.809. The number of nitrogens with zero attached hydrogens (tertiary/aromatic N) is 7. The van der Waals surface area contributed by atoms with E-state index in [9.17, 15) is 0 Å². The molecule has 0 bridgehead atoms. The standard InChI is InChI=1S/C15H21N7/c1-12-16-5-4-13(19-12)21-8-10-22(11-9-21)15-14(20(2)3)17-6-7-18-15/h4-7H,8-11H2,1-3H3. The molecule has 0 spiro atoms. The minimum Gasteiger partial charge on any atom is -0.360 e. The first kappa shape index (κ1) is 14.5. The van der Waals surface area contributed by atoms with E-state index in [1.807, 2.05) is 38.2 Å². The van der Waals surface area contributed by atoms with Gasteiger partial charge in [-0.3, -0.25) is 0 Å². The summed E-state index contributed by atoms with van der Waals surface area (Å²) < 4.78 is 0. The molecule has 0 N–H and O–H groups in total. The Bertz CT molecular complexity index is 635. The van der Waals surface area contributed by atoms with Crippen molar-refractivity contribution in [1.29, 1.82) is 0 Å². The Morgan fingerprint density at radius 3 is 2.27 bits per heavy atom. The number of rotatable bonds is 3. The Hall–Kier alpha value is -2.44. The Morgan fingerprint density at radius 2 is 1.59 bits per heavy atom. The molecule has 7 nitrogen and oxygen atoms in total. The van der Waals surface area contributed by atoms with Crippen LogP contribution in [0.4, 0.5) is 17.5 Å². The molecule has 1 aliphatic rings. The van der Waals surface area contributed by atoms with Crippen molar-refractivity contribution in [3.63, 3.8) is 0 Å². The molecule has 2 aromatic rings. The summed E-state index contributed by atoms with van der Waals surface area (Å²) in [4.78, 5) is 24.2. The van der Waals surface area contributed by atoms with E-state index < -0.39 is 0 Å². The lowest BCUT2D eigenvalue weighted by atomic mass is 10.3. The number of aryl methyl sites for hydroxylation is 1. The van der Waals surface area contributed by atoms with Gasteiger partial charge in [0.25, 0.3) is 0 Å². The molecule has 1 saturated heterocycles. The maximum atomic E-state index is 4.51. The van der Waals surface area contributed by atoms with Crippen LogP contribution in [0.5, 0.6) is 0 Å². The summed E-state index contributed by atoms with van der Waals surface area (Å²) in [5.74, 6) is 3.67. The molecule has 0 aliphatic carbocycles. The van der Waals surface area contributed by atoms with E-state index in [1.54, 1.807) is 12.4 Å². The van der Waals surface area contributed by atoms with Gasteiger partial charge in [-0.15, -0.1) is 0 Å². The normalized spacial score (nSPS) is 15.0. The second-order valence-electron chi connectivity index (χ2n) is 5.53. The topological polar surface area (TPSA) is 61.3 Å². The Labute approximate surface area is 130 Å². The molecule has 0 unspecified atom stereocenters. The predicted octanol–water partition coefficient (Wildman–Crippen LogP) is 0.968. The van der Waals surface area contributed by atoms with Crippen molar-refractivity contribution in [3.05, 3.63) is 30.5 Å². The molecule has 22 heavy (non-hydrogen) atoms. The van der Waals surface area contributed by atoms with Crippen LogP contribution in [-0.4, -0.2) is 60.2 Å². The summed E-state index contributed by atoms with van der Waals surface area (Å²) in [6.07, 6.45) is 5.30. The van der Waals surface area contributed by atoms with E-state index in [-0.39, 0.29) is 0 Å². The van der Waals surface area contributed by atoms with E-state index in [4.69, 9.17) is 0 Å². The summed E-state index contributed by atoms with van der Waals surface area (Å²) in [5.41, 5.74) is 0. The lowest BCUT2D eigenvalue weighted by molar-refractivity contribution is 0.638. The van der Waals surface area contributed by atoms with Crippen molar-refractivity contribution in [1.82, 2.24) is 19.9 Å². The van der Waals surface area contributed by atoms with Crippen LogP contribution in [0, 0.1) is 6.92 Å². The number of piperazine rings is 1. The van der Waals surface area contributed by atoms with Gasteiger partial charge in [0.2, 0.25) is 0 Å². The predicted molar refractivity (Wildman–Crippen MR) is 87.6 cm³/mol. The number of hydrogen-bond donors (Lipinski definition) is 0. The molecular weight excluding hydrogens is 278 g/mol. The molecule has 0 saturated carbocycles. The zero-order chi connectivity index (χ0) is 15.5. The zero-order valence-corrected chi connectivity index (χ0v) is 13.3. The Balaban J connectivity index is 1.72. The van der Waals surface area contributed by atoms with Crippen molar-refractivity contribution >= 4 is 17.5 Å². The van der Waals surface area contributed by atoms with Crippen LogP contribution in [0.15, 0.2) is 24.7 Å². The van der Waals surface area contributed by atoms with E-state index in [1.165, 1.54) is 0 Å². The highest BCUT2D eigenvalue weighted by molar-refractivity contribution is 5.62. The Morgan fingerprint density at radius 1 is 0.909 bits per heavy atom. The van der Waals surface area contributed by atoms with Crippen LogP contribution < -0.4 is 14.7 Å². The maximum absolute atomic E-state index is 4.51. The van der Waals surface area contributed by atoms with E-state index >= 15 is 0 Å². The average molecular weight is 299 g/mol. The largest absolute Gasteiger partial charge is 0.360 e. The van der Waals surface area contributed by atoms with Gasteiger partial charge in [0.05, 0.1) is 0 Å². The summed E-state index contributed by atoms with van der Waals surface area (Å²) in [6.45, 7) is 5.56. The van der Waals surface area contributed by atoms with Crippen LogP contribution in [0.2, 0.25) is 0 Å². The fourth-order valence-electron chi connectivity index (χ4n) is 2.63. The average Bonchev–Trinajstić information content (AvgIpc) is 2.55. The van der Waals surface area contributed by atoms with Gasteiger partial charge in [0, 0.05) is 58.9 Å². The lowest BCUT2D eigenvalue weighted by Crippen LogP contribution is -2.47. The molecule has 0 amide bonds. The summed E-state index contributed by atoms with van der Waals surface area (Å²) in [6, 6.07) is 1.97. The molecule has 3 rings (SSSR count). The van der Waals surface area contributed by atoms with Gasteiger partial charge in [0.1, 0.15) is 11.6 Å². The van der Waals surface area contributed by atoms with Gasteiger partial charge < -0.3 is 14.7 Å². The van der Waals surface area contributed by atoms with Gasteiger partial charge in [-0.25, -0.2) is 19.9 Å². The number of anilines is 3. The molecule has 1 fully saturated rings. The van der Waals surface area contributed by atoms with E-state index in [0.717, 1.165) is 49.5 Å². The van der Waals surface area contributed by atoms with Crippen molar-refractivity contribution in [2.75, 3.05) is 55.0 Å². The quantitative estimate of drug-likeness (QED) is 0.836. The van der Waals surface area contributed by atoms with Crippen molar-refractivity contribution in [2.45, 2.75) is 6.92 Å². The molecule has 116 valence electrons. The second-order valence-corrected chi connectivity index (χ2v) is 5.53. The lowest BCUT2D eigenvalue weighted by Gasteiger charge is -2.36. The third-order valence-electron chi connectivity index (χ3n) is 3.75. The molecule has 1 aliphatic heterocycles. The smallest absolute Gasteiger partial charge is 0.172 e. The number of aromatic nitrogens is 4. The third kappa shape index (κ3) is 2.93. The van der Waals surface area contributed by atoms with E-state index in [0.29, 0.717) is 0 Å². The zero-order valence-electron chi connectivity index (χ0n) is 13.3. The van der Waals surface area contributed by atoms with Crippen molar-refractivity contribution < 1.29 is 0 Å². The van der Waals surface area contributed by atoms with Crippen molar-refractivity contribution in [2.24, 2.45) is 0 Å². The monoisotopic (exact) mass is 299 g/mol. The second kappa shape index (κ2) is 6.13. The SMILES string of the molecule is Cc1nccc(N2CCN(c3nccnc3N(C)C)CC2)n1. The van der Waals surface area contributed by atoms with Crippen LogP contribution in [-0.2, 0) is 0 Å². The molecule has 0 aromatic carbocycles. The fourth-order valence-corrected chi connectivity index (χ4v) is 2.63. The Kier molecular flexibility index (Phi) is 4.04. The van der Waals surface area contributed by atoms with Gasteiger partial charge in [-0.2, -0.15) is 0 Å².